The Balaban J connectivity index is 0.000000279. The lowest BCUT2D eigenvalue weighted by atomic mass is 10.1. The number of unbranched alkanes of at least 4 members (excludes halogenated alkanes) is 2. The molecule has 10 nitrogen and oxygen atoms in total. The molecule has 2 N–H and O–H groups in total. The third kappa shape index (κ3) is 16.6. The van der Waals surface area contributed by atoms with E-state index in [1.807, 2.05) is 68.4 Å². The van der Waals surface area contributed by atoms with Gasteiger partial charge in [-0.05, 0) is 104 Å². The summed E-state index contributed by atoms with van der Waals surface area (Å²) in [7, 11) is 0. The average Bonchev–Trinajstić information content (AvgIpc) is 3.16. The van der Waals surface area contributed by atoms with Gasteiger partial charge in [0, 0.05) is 13.1 Å². The number of ether oxygens (including phenoxy) is 5. The van der Waals surface area contributed by atoms with Gasteiger partial charge in [-0.15, -0.1) is 0 Å². The predicted molar refractivity (Wildman–Crippen MR) is 212 cm³/mol. The first kappa shape index (κ1) is 42.5. The molecule has 0 atom stereocenters. The Morgan fingerprint density at radius 1 is 0.556 bits per heavy atom. The lowest BCUT2D eigenvalue weighted by molar-refractivity contribution is 0.0523. The predicted octanol–water partition coefficient (Wildman–Crippen LogP) is 11.0. The van der Waals surface area contributed by atoms with Crippen molar-refractivity contribution in [2.24, 2.45) is 0 Å². The number of benzene rings is 5. The molecule has 54 heavy (non-hydrogen) atoms. The van der Waals surface area contributed by atoms with E-state index in [0.717, 1.165) is 35.0 Å². The fourth-order valence-electron chi connectivity index (χ4n) is 4.72. The summed E-state index contributed by atoms with van der Waals surface area (Å²) in [4.78, 5) is 35.3. The number of fused-ring (bicyclic) bond motifs is 1. The highest BCUT2D eigenvalue weighted by atomic mass is 16.7. The second-order valence-corrected chi connectivity index (χ2v) is 12.8. The standard InChI is InChI=1S/C23H25NO3.C19H21NO5.C2H6/c1-2-3-6-15-24-17-18-9-12-21(13-10-18)26-23(25)27-22-14-11-19-7-4-5-8-20(19)16-22;1-19(2,3)25-17(21)20-13-14-9-11-16(12-10-14)24-18(22)23-15-7-5-4-6-8-15;1-2/h4-5,7-14,16,24H,2-3,6,15,17H2,1H3;4-12H,13H2,1-3H3,(H,20,21);1-2H3. The molecule has 0 aliphatic carbocycles. The summed E-state index contributed by atoms with van der Waals surface area (Å²) in [6.45, 7) is 13.7. The van der Waals surface area contributed by atoms with Crippen molar-refractivity contribution in [3.63, 3.8) is 0 Å². The van der Waals surface area contributed by atoms with Crippen LogP contribution in [0.1, 0.15) is 71.9 Å². The molecule has 0 saturated heterocycles. The van der Waals surface area contributed by atoms with Gasteiger partial charge in [-0.1, -0.05) is 106 Å². The summed E-state index contributed by atoms with van der Waals surface area (Å²) in [6.07, 6.45) is 1.63. The molecule has 286 valence electrons. The van der Waals surface area contributed by atoms with E-state index in [4.69, 9.17) is 23.7 Å². The largest absolute Gasteiger partial charge is 0.519 e. The van der Waals surface area contributed by atoms with Crippen molar-refractivity contribution in [2.75, 3.05) is 6.54 Å². The van der Waals surface area contributed by atoms with Crippen LogP contribution in [0.15, 0.2) is 121 Å². The zero-order valence-corrected chi connectivity index (χ0v) is 32.1. The van der Waals surface area contributed by atoms with Crippen molar-refractivity contribution < 1.29 is 38.1 Å². The fraction of sp³-hybridized carbons (Fsp3) is 0.295. The number of hydrogen-bond donors (Lipinski definition) is 2. The van der Waals surface area contributed by atoms with E-state index in [1.165, 1.54) is 19.3 Å². The Hall–Kier alpha value is -5.87. The summed E-state index contributed by atoms with van der Waals surface area (Å²) in [5, 5.41) is 8.17. The summed E-state index contributed by atoms with van der Waals surface area (Å²) in [5.74, 6) is 1.69. The summed E-state index contributed by atoms with van der Waals surface area (Å²) < 4.78 is 25.8. The molecule has 5 aromatic carbocycles. The van der Waals surface area contributed by atoms with Crippen molar-refractivity contribution in [3.05, 3.63) is 132 Å². The van der Waals surface area contributed by atoms with Crippen molar-refractivity contribution in [1.82, 2.24) is 10.6 Å². The van der Waals surface area contributed by atoms with Gasteiger partial charge in [-0.25, -0.2) is 14.4 Å². The van der Waals surface area contributed by atoms with Crippen LogP contribution >= 0.6 is 0 Å². The van der Waals surface area contributed by atoms with Crippen LogP contribution in [0.25, 0.3) is 10.8 Å². The molecule has 0 radical (unpaired) electrons. The Bertz CT molecular complexity index is 1850. The minimum atomic E-state index is -0.814. The molecule has 5 aromatic rings. The summed E-state index contributed by atoms with van der Waals surface area (Å²) >= 11 is 0. The molecule has 0 spiro atoms. The first-order chi connectivity index (χ1) is 26.1. The Labute approximate surface area is 318 Å². The molecule has 0 aliphatic heterocycles. The van der Waals surface area contributed by atoms with Crippen molar-refractivity contribution in [3.8, 4) is 23.0 Å². The highest BCUT2D eigenvalue weighted by molar-refractivity contribution is 5.84. The highest BCUT2D eigenvalue weighted by Gasteiger charge is 2.16. The van der Waals surface area contributed by atoms with E-state index in [1.54, 1.807) is 87.5 Å². The maximum absolute atomic E-state index is 12.0. The van der Waals surface area contributed by atoms with Gasteiger partial charge in [-0.3, -0.25) is 0 Å². The fourth-order valence-corrected chi connectivity index (χ4v) is 4.72. The third-order valence-corrected chi connectivity index (χ3v) is 7.24. The van der Waals surface area contributed by atoms with Crippen molar-refractivity contribution in [1.29, 1.82) is 0 Å². The van der Waals surface area contributed by atoms with E-state index >= 15 is 0 Å². The molecule has 0 unspecified atom stereocenters. The highest BCUT2D eigenvalue weighted by Crippen LogP contribution is 2.22. The van der Waals surface area contributed by atoms with Gasteiger partial charge in [0.15, 0.2) is 0 Å². The Morgan fingerprint density at radius 2 is 1.04 bits per heavy atom. The first-order valence-corrected chi connectivity index (χ1v) is 18.2. The Morgan fingerprint density at radius 3 is 1.59 bits per heavy atom. The molecule has 0 aliphatic rings. The quantitative estimate of drug-likeness (QED) is 0.0732. The van der Waals surface area contributed by atoms with Crippen LogP contribution in [0.2, 0.25) is 0 Å². The second-order valence-electron chi connectivity index (χ2n) is 12.8. The zero-order chi connectivity index (χ0) is 39.2. The van der Waals surface area contributed by atoms with Crippen LogP contribution in [0, 0.1) is 0 Å². The van der Waals surface area contributed by atoms with Crippen LogP contribution < -0.4 is 29.6 Å². The third-order valence-electron chi connectivity index (χ3n) is 7.24. The number of hydrogen-bond acceptors (Lipinski definition) is 9. The monoisotopic (exact) mass is 736 g/mol. The topological polar surface area (TPSA) is 121 Å². The van der Waals surface area contributed by atoms with Crippen LogP contribution in [0.5, 0.6) is 23.0 Å². The minimum absolute atomic E-state index is 0.309. The second kappa shape index (κ2) is 22.9. The molecule has 0 aromatic heterocycles. The number of rotatable bonds is 12. The summed E-state index contributed by atoms with van der Waals surface area (Å²) in [5.41, 5.74) is 1.46. The number of alkyl carbamates (subject to hydrolysis) is 1. The molecular weight excluding hydrogens is 684 g/mol. The number of amides is 1. The SMILES string of the molecule is CC.CC(C)(C)OC(=O)NCc1ccc(OC(=O)Oc2ccccc2)cc1.CCCCCNCc1ccc(OC(=O)Oc2ccc3ccccc3c2)cc1. The number of carbonyl (C=O) groups is 3. The van der Waals surface area contributed by atoms with Gasteiger partial charge in [0.05, 0.1) is 0 Å². The molecule has 10 heteroatoms. The molecule has 0 fully saturated rings. The molecule has 5 rings (SSSR count). The van der Waals surface area contributed by atoms with Crippen LogP contribution in [-0.2, 0) is 17.8 Å². The van der Waals surface area contributed by atoms with E-state index < -0.39 is 24.0 Å². The van der Waals surface area contributed by atoms with Crippen LogP contribution in [0.4, 0.5) is 14.4 Å². The van der Waals surface area contributed by atoms with Crippen molar-refractivity contribution in [2.45, 2.75) is 79.5 Å². The average molecular weight is 737 g/mol. The van der Waals surface area contributed by atoms with E-state index in [9.17, 15) is 14.4 Å². The van der Waals surface area contributed by atoms with Gasteiger partial charge >= 0.3 is 18.4 Å². The molecule has 0 bridgehead atoms. The lowest BCUT2D eigenvalue weighted by Gasteiger charge is -2.19. The van der Waals surface area contributed by atoms with Gasteiger partial charge in [0.2, 0.25) is 0 Å². The van der Waals surface area contributed by atoms with Gasteiger partial charge in [0.25, 0.3) is 0 Å². The first-order valence-electron chi connectivity index (χ1n) is 18.2. The Kier molecular flexibility index (Phi) is 18.1. The van der Waals surface area contributed by atoms with Gasteiger partial charge in [-0.2, -0.15) is 0 Å². The smallest absolute Gasteiger partial charge is 0.444 e. The molecular formula is C44H52N2O8. The van der Waals surface area contributed by atoms with E-state index in [-0.39, 0.29) is 0 Å². The van der Waals surface area contributed by atoms with Crippen LogP contribution in [0.3, 0.4) is 0 Å². The normalized spacial score (nSPS) is 10.4. The minimum Gasteiger partial charge on any atom is -0.444 e. The van der Waals surface area contributed by atoms with Crippen LogP contribution in [-0.4, -0.2) is 30.5 Å². The van der Waals surface area contributed by atoms with E-state index in [0.29, 0.717) is 29.5 Å². The summed E-state index contributed by atoms with van der Waals surface area (Å²) in [6, 6.07) is 36.3. The van der Waals surface area contributed by atoms with Gasteiger partial charge < -0.3 is 34.3 Å². The maximum Gasteiger partial charge on any atom is 0.519 e. The number of carbonyl (C=O) groups excluding carboxylic acids is 3. The number of para-hydroxylation sites is 1. The van der Waals surface area contributed by atoms with Gasteiger partial charge in [0.1, 0.15) is 28.6 Å². The lowest BCUT2D eigenvalue weighted by Crippen LogP contribution is -2.32. The van der Waals surface area contributed by atoms with E-state index in [2.05, 4.69) is 17.6 Å². The molecule has 1 amide bonds. The van der Waals surface area contributed by atoms with Crippen molar-refractivity contribution >= 4 is 29.2 Å². The molecule has 0 saturated carbocycles. The zero-order valence-electron chi connectivity index (χ0n) is 32.1. The number of nitrogens with one attached hydrogen (secondary N) is 2. The molecule has 0 heterocycles. The maximum atomic E-state index is 12.0.